The van der Waals surface area contributed by atoms with Gasteiger partial charge in [-0.2, -0.15) is 0 Å². The van der Waals surface area contributed by atoms with Crippen molar-refractivity contribution in [2.45, 2.75) is 72.3 Å². The predicted octanol–water partition coefficient (Wildman–Crippen LogP) is 4.37. The zero-order chi connectivity index (χ0) is 16.3. The Kier molecular flexibility index (Phi) is 3.64. The maximum absolute atomic E-state index is 12.8. The molecule has 2 heteroatoms. The van der Waals surface area contributed by atoms with Crippen LogP contribution >= 0.6 is 0 Å². The van der Waals surface area contributed by atoms with Crippen LogP contribution in [0.4, 0.5) is 0 Å². The number of carbonyl (C=O) groups excluding carboxylic acids is 1. The molecule has 2 nitrogen and oxygen atoms in total. The summed E-state index contributed by atoms with van der Waals surface area (Å²) in [5.74, 6) is 1.38. The zero-order valence-corrected chi connectivity index (χ0v) is 14.7. The van der Waals surface area contributed by atoms with E-state index in [1.165, 1.54) is 6.42 Å². The summed E-state index contributed by atoms with van der Waals surface area (Å²) < 4.78 is 0. The van der Waals surface area contributed by atoms with Crippen LogP contribution in [0.15, 0.2) is 12.7 Å². The molecule has 3 rings (SSSR count). The first kappa shape index (κ1) is 16.2. The molecule has 3 fully saturated rings. The van der Waals surface area contributed by atoms with Gasteiger partial charge in [-0.25, -0.2) is 0 Å². The van der Waals surface area contributed by atoms with E-state index in [9.17, 15) is 9.90 Å². The van der Waals surface area contributed by atoms with Gasteiger partial charge >= 0.3 is 0 Å². The molecule has 0 saturated heterocycles. The van der Waals surface area contributed by atoms with E-state index in [1.54, 1.807) is 0 Å². The molecule has 2 bridgehead atoms. The summed E-state index contributed by atoms with van der Waals surface area (Å²) in [6.45, 7) is 13.1. The monoisotopic (exact) mass is 304 g/mol. The lowest BCUT2D eigenvalue weighted by molar-refractivity contribution is -0.158. The number of carbonyl (C=O) groups is 1. The minimum atomic E-state index is -0.392. The molecule has 3 saturated carbocycles. The highest BCUT2D eigenvalue weighted by molar-refractivity contribution is 5.85. The van der Waals surface area contributed by atoms with Crippen molar-refractivity contribution in [3.8, 4) is 0 Å². The Morgan fingerprint density at radius 2 is 1.86 bits per heavy atom. The molecule has 0 radical (unpaired) electrons. The van der Waals surface area contributed by atoms with Crippen LogP contribution in [-0.4, -0.2) is 17.0 Å². The number of aliphatic hydroxyl groups excluding tert-OH is 1. The van der Waals surface area contributed by atoms with Gasteiger partial charge in [0.25, 0.3) is 0 Å². The van der Waals surface area contributed by atoms with Gasteiger partial charge in [-0.1, -0.05) is 33.8 Å². The zero-order valence-electron chi connectivity index (χ0n) is 14.7. The summed E-state index contributed by atoms with van der Waals surface area (Å²) in [6, 6.07) is 0. The molecule has 3 aliphatic carbocycles. The SMILES string of the molecule is C=C[C@]1(C)CC[C@]2(C)[C@H](C)CC[C@]3(CCC(=O)[C@@H]23)[C@@H](C)C1O. The number of aliphatic hydroxyl groups is 1. The summed E-state index contributed by atoms with van der Waals surface area (Å²) >= 11 is 0. The lowest BCUT2D eigenvalue weighted by Crippen LogP contribution is -2.57. The summed E-state index contributed by atoms with van der Waals surface area (Å²) in [5, 5.41) is 11.1. The van der Waals surface area contributed by atoms with Crippen LogP contribution in [0.5, 0.6) is 0 Å². The number of hydrogen-bond acceptors (Lipinski definition) is 2. The second kappa shape index (κ2) is 4.93. The number of hydrogen-bond donors (Lipinski definition) is 1. The van der Waals surface area contributed by atoms with Gasteiger partial charge in [0.1, 0.15) is 5.78 Å². The van der Waals surface area contributed by atoms with Gasteiger partial charge in [0.2, 0.25) is 0 Å². The maximum Gasteiger partial charge on any atom is 0.137 e. The van der Waals surface area contributed by atoms with E-state index in [2.05, 4.69) is 34.3 Å². The third-order valence-electron chi connectivity index (χ3n) is 8.29. The fraction of sp³-hybridized carbons (Fsp3) is 0.850. The Labute approximate surface area is 135 Å². The minimum Gasteiger partial charge on any atom is -0.392 e. The van der Waals surface area contributed by atoms with E-state index in [0.29, 0.717) is 11.7 Å². The Hall–Kier alpha value is -0.630. The van der Waals surface area contributed by atoms with Crippen LogP contribution in [0.3, 0.4) is 0 Å². The average molecular weight is 304 g/mol. The highest BCUT2D eigenvalue weighted by atomic mass is 16.3. The predicted molar refractivity (Wildman–Crippen MR) is 89.4 cm³/mol. The largest absolute Gasteiger partial charge is 0.392 e. The molecular formula is C20H32O2. The molecule has 3 aliphatic rings. The summed E-state index contributed by atoms with van der Waals surface area (Å²) in [7, 11) is 0. The Morgan fingerprint density at radius 1 is 1.18 bits per heavy atom. The Balaban J connectivity index is 2.15. The quantitative estimate of drug-likeness (QED) is 0.730. The molecule has 0 amide bonds. The van der Waals surface area contributed by atoms with E-state index in [0.717, 1.165) is 32.1 Å². The van der Waals surface area contributed by atoms with Crippen LogP contribution in [0.25, 0.3) is 0 Å². The molecular weight excluding hydrogens is 272 g/mol. The van der Waals surface area contributed by atoms with Crippen molar-refractivity contribution in [2.24, 2.45) is 34.0 Å². The lowest BCUT2D eigenvalue weighted by atomic mass is 9.44. The van der Waals surface area contributed by atoms with E-state index in [4.69, 9.17) is 0 Å². The molecule has 22 heavy (non-hydrogen) atoms. The molecule has 0 aromatic carbocycles. The molecule has 1 unspecified atom stereocenters. The smallest absolute Gasteiger partial charge is 0.137 e. The molecule has 0 heterocycles. The Bertz CT molecular complexity index is 498. The summed E-state index contributed by atoms with van der Waals surface area (Å²) in [6.07, 6.45) is 7.52. The van der Waals surface area contributed by atoms with Gasteiger partial charge in [0.05, 0.1) is 6.10 Å². The van der Waals surface area contributed by atoms with E-state index in [-0.39, 0.29) is 28.1 Å². The van der Waals surface area contributed by atoms with Crippen molar-refractivity contribution in [2.75, 3.05) is 0 Å². The van der Waals surface area contributed by atoms with Crippen LogP contribution in [-0.2, 0) is 4.79 Å². The second-order valence-corrected chi connectivity index (χ2v) is 9.02. The van der Waals surface area contributed by atoms with Crippen LogP contribution in [0.2, 0.25) is 0 Å². The fourth-order valence-electron chi connectivity index (χ4n) is 6.26. The third-order valence-corrected chi connectivity index (χ3v) is 8.29. The lowest BCUT2D eigenvalue weighted by Gasteiger charge is -2.60. The second-order valence-electron chi connectivity index (χ2n) is 9.02. The first-order chi connectivity index (χ1) is 10.2. The molecule has 0 spiro atoms. The van der Waals surface area contributed by atoms with Gasteiger partial charge in [0, 0.05) is 17.8 Å². The fourth-order valence-corrected chi connectivity index (χ4v) is 6.26. The van der Waals surface area contributed by atoms with Crippen molar-refractivity contribution in [1.82, 2.24) is 0 Å². The van der Waals surface area contributed by atoms with Crippen LogP contribution in [0, 0.1) is 34.0 Å². The van der Waals surface area contributed by atoms with Crippen LogP contribution < -0.4 is 0 Å². The molecule has 124 valence electrons. The maximum atomic E-state index is 12.8. The van der Waals surface area contributed by atoms with Gasteiger partial charge in [-0.15, -0.1) is 6.58 Å². The number of rotatable bonds is 1. The van der Waals surface area contributed by atoms with Crippen molar-refractivity contribution in [3.63, 3.8) is 0 Å². The standard InChI is InChI=1S/C20H32O2/c1-6-18(4)11-12-19(5)13(2)7-9-20(14(3)17(18)22)10-8-15(21)16(19)20/h6,13-14,16-17,22H,1,7-12H2,2-5H3/t13-,14+,16+,17?,18-,19-,20+/m1/s1. The van der Waals surface area contributed by atoms with Gasteiger partial charge < -0.3 is 5.11 Å². The van der Waals surface area contributed by atoms with E-state index in [1.807, 2.05) is 6.08 Å². The summed E-state index contributed by atoms with van der Waals surface area (Å²) in [5.41, 5.74) is -0.131. The van der Waals surface area contributed by atoms with Crippen molar-refractivity contribution < 1.29 is 9.90 Å². The molecule has 0 aromatic heterocycles. The number of ketones is 1. The molecule has 0 aliphatic heterocycles. The highest BCUT2D eigenvalue weighted by Gasteiger charge is 2.64. The number of Topliss-reactive ketones (excluding diaryl/α,β-unsaturated/α-hetero) is 1. The summed E-state index contributed by atoms with van der Waals surface area (Å²) in [4.78, 5) is 12.8. The van der Waals surface area contributed by atoms with Crippen molar-refractivity contribution >= 4 is 5.78 Å². The highest BCUT2D eigenvalue weighted by Crippen LogP contribution is 2.67. The topological polar surface area (TPSA) is 37.3 Å². The van der Waals surface area contributed by atoms with Crippen LogP contribution in [0.1, 0.15) is 66.2 Å². The van der Waals surface area contributed by atoms with Gasteiger partial charge in [-0.05, 0) is 54.8 Å². The minimum absolute atomic E-state index is 0.0163. The molecule has 1 N–H and O–H groups in total. The first-order valence-corrected chi connectivity index (χ1v) is 9.06. The first-order valence-electron chi connectivity index (χ1n) is 9.06. The average Bonchev–Trinajstić information content (AvgIpc) is 2.86. The van der Waals surface area contributed by atoms with Gasteiger partial charge in [0.15, 0.2) is 0 Å². The third kappa shape index (κ3) is 1.85. The van der Waals surface area contributed by atoms with E-state index >= 15 is 0 Å². The molecule has 7 atom stereocenters. The Morgan fingerprint density at radius 3 is 2.50 bits per heavy atom. The van der Waals surface area contributed by atoms with Gasteiger partial charge in [-0.3, -0.25) is 4.79 Å². The van der Waals surface area contributed by atoms with E-state index < -0.39 is 6.10 Å². The normalized spacial score (nSPS) is 55.2. The molecule has 0 aromatic rings. The van der Waals surface area contributed by atoms with Crippen molar-refractivity contribution in [1.29, 1.82) is 0 Å². The van der Waals surface area contributed by atoms with Crippen molar-refractivity contribution in [3.05, 3.63) is 12.7 Å².